The van der Waals surface area contributed by atoms with Crippen LogP contribution in [-0.4, -0.2) is 60.6 Å². The molecule has 0 unspecified atom stereocenters. The predicted octanol–water partition coefficient (Wildman–Crippen LogP) is 11.5. The van der Waals surface area contributed by atoms with E-state index in [-0.39, 0.29) is 40.9 Å². The molecule has 10 rings (SSSR count). The van der Waals surface area contributed by atoms with Gasteiger partial charge in [-0.15, -0.1) is 0 Å². The summed E-state index contributed by atoms with van der Waals surface area (Å²) in [4.78, 5) is 0. The Hall–Kier alpha value is -4.19. The summed E-state index contributed by atoms with van der Waals surface area (Å²) in [5, 5.41) is 11.1. The topological polar surface area (TPSA) is 36.9 Å². The molecule has 0 saturated carbocycles. The van der Waals surface area contributed by atoms with Crippen LogP contribution < -0.4 is 42.4 Å². The molecular weight excluding hydrogens is 991 g/mol. The third-order valence-electron chi connectivity index (χ3n) is 12.6. The minimum absolute atomic E-state index is 0. The number of hydrogen-bond donors (Lipinski definition) is 0. The van der Waals surface area contributed by atoms with Crippen LogP contribution >= 0.6 is 31.7 Å². The monoisotopic (exact) mass is 1050 g/mol. The second-order valence-electron chi connectivity index (χ2n) is 18.6. The molecule has 0 amide bonds. The summed E-state index contributed by atoms with van der Waals surface area (Å²) in [6, 6.07) is 87.2. The molecule has 2 aliphatic heterocycles. The number of benzene rings is 8. The van der Waals surface area contributed by atoms with Crippen molar-refractivity contribution in [1.29, 1.82) is 0 Å². The van der Waals surface area contributed by atoms with Gasteiger partial charge in [0.2, 0.25) is 0 Å². The van der Waals surface area contributed by atoms with Crippen molar-refractivity contribution in [3.63, 3.8) is 0 Å². The normalized spacial score (nSPS) is 19.0. The molecule has 366 valence electrons. The molecule has 71 heavy (non-hydrogen) atoms. The Kier molecular flexibility index (Phi) is 19.2. The summed E-state index contributed by atoms with van der Waals surface area (Å²) >= 11 is 0. The first-order valence-electron chi connectivity index (χ1n) is 24.4. The molecule has 2 heterocycles. The summed E-state index contributed by atoms with van der Waals surface area (Å²) in [5.74, 6) is -1.17. The van der Waals surface area contributed by atoms with Crippen molar-refractivity contribution in [3.8, 4) is 0 Å². The van der Waals surface area contributed by atoms with Crippen LogP contribution in [0.4, 0.5) is 0 Å². The third-order valence-corrected chi connectivity index (χ3v) is 22.8. The van der Waals surface area contributed by atoms with E-state index in [9.17, 15) is 0 Å². The zero-order valence-electron chi connectivity index (χ0n) is 41.0. The summed E-state index contributed by atoms with van der Waals surface area (Å²) in [6.45, 7) is 8.22. The van der Waals surface area contributed by atoms with Crippen molar-refractivity contribution in [2.45, 2.75) is 63.7 Å². The van der Waals surface area contributed by atoms with E-state index in [1.165, 1.54) is 42.4 Å². The zero-order valence-corrected chi connectivity index (χ0v) is 45.5. The Morgan fingerprint density at radius 1 is 0.254 bits per heavy atom. The average molecular weight is 1060 g/mol. The standard InChI is InChI=1S/2C31H32O2P2.Ni/c2*1-31(2)32-29(23-34(25-15-7-3-8-16-25)26-17-9-4-10-18-26)30(33-31)24-35(27-19-11-5-12-20-27)28-21-13-6-14-22-28;/h2*3-22,29-30H,23-24H2,1-2H3;/t2*29-,30-;/m00./s1. The molecule has 0 radical (unpaired) electrons. The molecule has 0 N–H and O–H groups in total. The molecule has 0 aromatic heterocycles. The van der Waals surface area contributed by atoms with Gasteiger partial charge in [0, 0.05) is 41.1 Å². The Bertz CT molecular complexity index is 2220. The van der Waals surface area contributed by atoms with Gasteiger partial charge in [0.25, 0.3) is 0 Å². The van der Waals surface area contributed by atoms with Gasteiger partial charge < -0.3 is 18.9 Å². The minimum atomic E-state index is -0.585. The van der Waals surface area contributed by atoms with Crippen LogP contribution in [0.2, 0.25) is 0 Å². The van der Waals surface area contributed by atoms with Crippen LogP contribution in [0.15, 0.2) is 243 Å². The minimum Gasteiger partial charge on any atom is -0.344 e. The smallest absolute Gasteiger partial charge is 0.163 e. The number of hydrogen-bond acceptors (Lipinski definition) is 4. The molecule has 0 bridgehead atoms. The predicted molar refractivity (Wildman–Crippen MR) is 303 cm³/mol. The van der Waals surface area contributed by atoms with E-state index in [0.29, 0.717) is 0 Å². The average Bonchev–Trinajstić information content (AvgIpc) is 3.88. The second kappa shape index (κ2) is 25.7. The van der Waals surface area contributed by atoms with Gasteiger partial charge in [-0.25, -0.2) is 0 Å². The maximum Gasteiger partial charge on any atom is 0.163 e. The van der Waals surface area contributed by atoms with Gasteiger partial charge in [0.05, 0.1) is 24.4 Å². The first kappa shape index (κ1) is 53.1. The Morgan fingerprint density at radius 2 is 0.380 bits per heavy atom. The fourth-order valence-electron chi connectivity index (χ4n) is 9.46. The van der Waals surface area contributed by atoms with Crippen molar-refractivity contribution in [2.24, 2.45) is 0 Å². The summed E-state index contributed by atoms with van der Waals surface area (Å²) in [7, 11) is -2.25. The molecule has 8 aromatic rings. The van der Waals surface area contributed by atoms with Gasteiger partial charge >= 0.3 is 0 Å². The van der Waals surface area contributed by atoms with Gasteiger partial charge in [-0.2, -0.15) is 0 Å². The maximum absolute atomic E-state index is 6.61. The van der Waals surface area contributed by atoms with Gasteiger partial charge in [-0.1, -0.05) is 243 Å². The molecular formula is C62H64NiO4P4. The van der Waals surface area contributed by atoms with Crippen molar-refractivity contribution in [3.05, 3.63) is 243 Å². The number of rotatable bonds is 16. The zero-order chi connectivity index (χ0) is 48.2. The molecule has 2 aliphatic rings. The summed E-state index contributed by atoms with van der Waals surface area (Å²) in [6.07, 6.45) is 3.94. The summed E-state index contributed by atoms with van der Waals surface area (Å²) < 4.78 is 26.4. The van der Waals surface area contributed by atoms with E-state index in [0.717, 1.165) is 24.6 Å². The van der Waals surface area contributed by atoms with E-state index in [4.69, 9.17) is 18.9 Å². The molecule has 4 atom stereocenters. The van der Waals surface area contributed by atoms with Crippen molar-refractivity contribution in [2.75, 3.05) is 24.6 Å². The van der Waals surface area contributed by atoms with Crippen LogP contribution in [0, 0.1) is 0 Å². The molecule has 4 nitrogen and oxygen atoms in total. The Morgan fingerprint density at radius 3 is 0.507 bits per heavy atom. The molecule has 2 saturated heterocycles. The van der Waals surface area contributed by atoms with Crippen molar-refractivity contribution in [1.82, 2.24) is 0 Å². The Balaban J connectivity index is 0.000000188. The van der Waals surface area contributed by atoms with E-state index in [1.807, 2.05) is 0 Å². The van der Waals surface area contributed by atoms with E-state index >= 15 is 0 Å². The van der Waals surface area contributed by atoms with Crippen LogP contribution in [0.5, 0.6) is 0 Å². The molecule has 0 spiro atoms. The van der Waals surface area contributed by atoms with Gasteiger partial charge in [0.1, 0.15) is 0 Å². The fraction of sp³-hybridized carbons (Fsp3) is 0.226. The SMILES string of the molecule is CC1(C)O[C@@H](CP(c2ccccc2)c2ccccc2)[C@H](CP(c2ccccc2)c2ccccc2)O1.CC1(C)O[C@@H](CP(c2ccccc2)c2ccccc2)[C@H](CP(c2ccccc2)c2ccccc2)O1.[Ni]. The molecule has 9 heteroatoms. The second-order valence-corrected chi connectivity index (χ2v) is 27.6. The van der Waals surface area contributed by atoms with Crippen molar-refractivity contribution >= 4 is 74.1 Å². The molecule has 0 aliphatic carbocycles. The first-order chi connectivity index (χ1) is 34.2. The summed E-state index contributed by atoms with van der Waals surface area (Å²) in [5.41, 5.74) is 0. The third kappa shape index (κ3) is 14.5. The fourth-order valence-corrected chi connectivity index (χ4v) is 19.3. The largest absolute Gasteiger partial charge is 0.344 e. The Labute approximate surface area is 437 Å². The molecule has 2 fully saturated rings. The molecule has 8 aromatic carbocycles. The van der Waals surface area contributed by atoms with Gasteiger partial charge in [-0.05, 0) is 102 Å². The van der Waals surface area contributed by atoms with Crippen molar-refractivity contribution < 1.29 is 35.4 Å². The quantitative estimate of drug-likeness (QED) is 0.0714. The van der Waals surface area contributed by atoms with E-state index in [2.05, 4.69) is 270 Å². The number of ether oxygens (including phenoxy) is 4. The van der Waals surface area contributed by atoms with Crippen LogP contribution in [0.3, 0.4) is 0 Å². The van der Waals surface area contributed by atoms with Crippen LogP contribution in [-0.2, 0) is 35.4 Å². The van der Waals surface area contributed by atoms with Gasteiger partial charge in [0.15, 0.2) is 11.6 Å². The van der Waals surface area contributed by atoms with E-state index in [1.54, 1.807) is 0 Å². The van der Waals surface area contributed by atoms with Crippen LogP contribution in [0.25, 0.3) is 0 Å². The maximum atomic E-state index is 6.61. The van der Waals surface area contributed by atoms with Crippen LogP contribution in [0.1, 0.15) is 27.7 Å². The van der Waals surface area contributed by atoms with Gasteiger partial charge in [-0.3, -0.25) is 0 Å². The first-order valence-corrected chi connectivity index (χ1v) is 30.5. The van der Waals surface area contributed by atoms with E-state index < -0.39 is 43.3 Å².